The molecule has 0 aromatic heterocycles. The zero-order valence-corrected chi connectivity index (χ0v) is 10.9. The second-order valence-corrected chi connectivity index (χ2v) is 5.66. The summed E-state index contributed by atoms with van der Waals surface area (Å²) >= 11 is 0. The average molecular weight is 226 g/mol. The van der Waals surface area contributed by atoms with Crippen molar-refractivity contribution in [2.24, 2.45) is 17.6 Å². The Hall–Kier alpha value is -0.570. The van der Waals surface area contributed by atoms with Crippen LogP contribution in [-0.4, -0.2) is 18.0 Å². The van der Waals surface area contributed by atoms with E-state index in [1.165, 1.54) is 19.3 Å². The van der Waals surface area contributed by atoms with Gasteiger partial charge in [0.25, 0.3) is 0 Å². The molecular formula is C13H26N2O. The fourth-order valence-electron chi connectivity index (χ4n) is 2.58. The van der Waals surface area contributed by atoms with Gasteiger partial charge in [-0.2, -0.15) is 0 Å². The van der Waals surface area contributed by atoms with Gasteiger partial charge in [0.15, 0.2) is 0 Å². The van der Waals surface area contributed by atoms with Gasteiger partial charge in [0.1, 0.15) is 0 Å². The second-order valence-electron chi connectivity index (χ2n) is 5.66. The molecule has 1 fully saturated rings. The van der Waals surface area contributed by atoms with Crippen molar-refractivity contribution in [3.63, 3.8) is 0 Å². The number of hydrogen-bond acceptors (Lipinski definition) is 2. The standard InChI is InChI=1S/C13H26N2O/c1-4-7-13(3,14)12(16)15-9-11-6-5-10(2)8-11/h10-11H,4-9,14H2,1-3H3,(H,15,16). The predicted octanol–water partition coefficient (Wildman–Crippen LogP) is 2.06. The maximum atomic E-state index is 11.9. The van der Waals surface area contributed by atoms with Crippen molar-refractivity contribution in [1.29, 1.82) is 0 Å². The third-order valence-corrected chi connectivity index (χ3v) is 3.64. The molecule has 0 heterocycles. The molecule has 1 rings (SSSR count). The van der Waals surface area contributed by atoms with Gasteiger partial charge in [-0.25, -0.2) is 0 Å². The van der Waals surface area contributed by atoms with Crippen molar-refractivity contribution in [3.8, 4) is 0 Å². The quantitative estimate of drug-likeness (QED) is 0.754. The van der Waals surface area contributed by atoms with E-state index in [0.717, 1.165) is 25.3 Å². The number of amides is 1. The van der Waals surface area contributed by atoms with Gasteiger partial charge in [-0.05, 0) is 38.0 Å². The number of carbonyl (C=O) groups is 1. The molecule has 1 saturated carbocycles. The molecule has 0 aromatic carbocycles. The summed E-state index contributed by atoms with van der Waals surface area (Å²) in [4.78, 5) is 11.9. The average Bonchev–Trinajstić information content (AvgIpc) is 2.60. The molecule has 3 atom stereocenters. The van der Waals surface area contributed by atoms with Crippen LogP contribution in [0.5, 0.6) is 0 Å². The summed E-state index contributed by atoms with van der Waals surface area (Å²) in [7, 11) is 0. The van der Waals surface area contributed by atoms with Crippen LogP contribution < -0.4 is 11.1 Å². The van der Waals surface area contributed by atoms with Gasteiger partial charge in [0, 0.05) is 6.54 Å². The lowest BCUT2D eigenvalue weighted by atomic mass is 9.96. The van der Waals surface area contributed by atoms with Gasteiger partial charge >= 0.3 is 0 Å². The highest BCUT2D eigenvalue weighted by Gasteiger charge is 2.28. The molecule has 1 aliphatic rings. The van der Waals surface area contributed by atoms with Gasteiger partial charge in [-0.1, -0.05) is 26.7 Å². The first-order valence-corrected chi connectivity index (χ1v) is 6.53. The van der Waals surface area contributed by atoms with E-state index >= 15 is 0 Å². The van der Waals surface area contributed by atoms with Crippen LogP contribution in [0.2, 0.25) is 0 Å². The van der Waals surface area contributed by atoms with Crippen molar-refractivity contribution in [2.75, 3.05) is 6.54 Å². The molecule has 3 nitrogen and oxygen atoms in total. The largest absolute Gasteiger partial charge is 0.354 e. The maximum absolute atomic E-state index is 11.9. The van der Waals surface area contributed by atoms with Crippen molar-refractivity contribution in [3.05, 3.63) is 0 Å². The summed E-state index contributed by atoms with van der Waals surface area (Å²) < 4.78 is 0. The summed E-state index contributed by atoms with van der Waals surface area (Å²) in [6, 6.07) is 0. The number of nitrogens with two attached hydrogens (primary N) is 1. The highest BCUT2D eigenvalue weighted by molar-refractivity contribution is 5.85. The number of carbonyl (C=O) groups excluding carboxylic acids is 1. The molecule has 0 radical (unpaired) electrons. The first-order valence-electron chi connectivity index (χ1n) is 6.53. The lowest BCUT2D eigenvalue weighted by Crippen LogP contribution is -2.52. The number of hydrogen-bond donors (Lipinski definition) is 2. The van der Waals surface area contributed by atoms with Crippen LogP contribution in [-0.2, 0) is 4.79 Å². The Balaban J connectivity index is 2.29. The van der Waals surface area contributed by atoms with Crippen LogP contribution in [0, 0.1) is 11.8 Å². The van der Waals surface area contributed by atoms with Crippen LogP contribution in [0.3, 0.4) is 0 Å². The monoisotopic (exact) mass is 226 g/mol. The minimum absolute atomic E-state index is 0.00824. The predicted molar refractivity (Wildman–Crippen MR) is 67.0 cm³/mol. The van der Waals surface area contributed by atoms with Crippen LogP contribution in [0.4, 0.5) is 0 Å². The molecule has 0 saturated heterocycles. The minimum Gasteiger partial charge on any atom is -0.354 e. The van der Waals surface area contributed by atoms with Gasteiger partial charge in [-0.15, -0.1) is 0 Å². The highest BCUT2D eigenvalue weighted by atomic mass is 16.2. The molecule has 3 heteroatoms. The number of nitrogens with one attached hydrogen (secondary N) is 1. The molecule has 0 aromatic rings. The molecule has 0 bridgehead atoms. The summed E-state index contributed by atoms with van der Waals surface area (Å²) in [5.41, 5.74) is 5.28. The third-order valence-electron chi connectivity index (χ3n) is 3.64. The van der Waals surface area contributed by atoms with E-state index in [2.05, 4.69) is 19.2 Å². The molecule has 16 heavy (non-hydrogen) atoms. The zero-order chi connectivity index (χ0) is 12.2. The highest BCUT2D eigenvalue weighted by Crippen LogP contribution is 2.29. The second kappa shape index (κ2) is 5.67. The molecule has 3 N–H and O–H groups in total. The van der Waals surface area contributed by atoms with Crippen molar-refractivity contribution >= 4 is 5.91 Å². The first-order chi connectivity index (χ1) is 7.45. The van der Waals surface area contributed by atoms with Gasteiger partial charge in [-0.3, -0.25) is 4.79 Å². The Morgan fingerprint density at radius 2 is 2.19 bits per heavy atom. The zero-order valence-electron chi connectivity index (χ0n) is 10.9. The SMILES string of the molecule is CCCC(C)(N)C(=O)NCC1CCC(C)C1. The molecule has 3 unspecified atom stereocenters. The van der Waals surface area contributed by atoms with Crippen molar-refractivity contribution in [1.82, 2.24) is 5.32 Å². The fraction of sp³-hybridized carbons (Fsp3) is 0.923. The minimum atomic E-state index is -0.695. The Labute approximate surface area is 99.2 Å². The van der Waals surface area contributed by atoms with Crippen molar-refractivity contribution in [2.45, 2.75) is 58.4 Å². The van der Waals surface area contributed by atoms with Crippen LogP contribution in [0.25, 0.3) is 0 Å². The lowest BCUT2D eigenvalue weighted by molar-refractivity contribution is -0.126. The first kappa shape index (κ1) is 13.5. The van der Waals surface area contributed by atoms with Crippen LogP contribution in [0.15, 0.2) is 0 Å². The normalized spacial score (nSPS) is 28.8. The summed E-state index contributed by atoms with van der Waals surface area (Å²) in [6.07, 6.45) is 5.49. The van der Waals surface area contributed by atoms with E-state index in [1.54, 1.807) is 0 Å². The summed E-state index contributed by atoms with van der Waals surface area (Å²) in [5.74, 6) is 1.49. The molecule has 0 spiro atoms. The number of rotatable bonds is 5. The van der Waals surface area contributed by atoms with Gasteiger partial charge in [0.2, 0.25) is 5.91 Å². The Morgan fingerprint density at radius 1 is 1.50 bits per heavy atom. The molecule has 1 aliphatic carbocycles. The molecular weight excluding hydrogens is 200 g/mol. The molecule has 94 valence electrons. The van der Waals surface area contributed by atoms with E-state index in [9.17, 15) is 4.79 Å². The third kappa shape index (κ3) is 3.78. The van der Waals surface area contributed by atoms with E-state index in [0.29, 0.717) is 5.92 Å². The molecule has 0 aliphatic heterocycles. The van der Waals surface area contributed by atoms with Gasteiger partial charge < -0.3 is 11.1 Å². The Kier molecular flexibility index (Phi) is 4.78. The lowest BCUT2D eigenvalue weighted by Gasteiger charge is -2.24. The Bertz CT molecular complexity index is 238. The van der Waals surface area contributed by atoms with Crippen LogP contribution in [0.1, 0.15) is 52.9 Å². The fourth-order valence-corrected chi connectivity index (χ4v) is 2.58. The summed E-state index contributed by atoms with van der Waals surface area (Å²) in [5, 5.41) is 3.01. The molecule has 1 amide bonds. The maximum Gasteiger partial charge on any atom is 0.239 e. The summed E-state index contributed by atoms with van der Waals surface area (Å²) in [6.45, 7) is 6.96. The van der Waals surface area contributed by atoms with Gasteiger partial charge in [0.05, 0.1) is 5.54 Å². The van der Waals surface area contributed by atoms with E-state index in [4.69, 9.17) is 5.73 Å². The van der Waals surface area contributed by atoms with E-state index in [-0.39, 0.29) is 5.91 Å². The Morgan fingerprint density at radius 3 is 2.69 bits per heavy atom. The smallest absolute Gasteiger partial charge is 0.239 e. The van der Waals surface area contributed by atoms with Crippen LogP contribution >= 0.6 is 0 Å². The van der Waals surface area contributed by atoms with E-state index in [1.807, 2.05) is 6.92 Å². The topological polar surface area (TPSA) is 55.1 Å². The van der Waals surface area contributed by atoms with Crippen molar-refractivity contribution < 1.29 is 4.79 Å². The van der Waals surface area contributed by atoms with E-state index < -0.39 is 5.54 Å².